The molecule has 0 saturated carbocycles. The van der Waals surface area contributed by atoms with Crippen molar-refractivity contribution in [1.82, 2.24) is 10.0 Å². The number of nitrogens with zero attached hydrogens (tertiary/aromatic N) is 2. The first-order chi connectivity index (χ1) is 12.8. The van der Waals surface area contributed by atoms with Gasteiger partial charge in [0.25, 0.3) is 10.0 Å². The number of hydrogen-bond acceptors (Lipinski definition) is 7. The van der Waals surface area contributed by atoms with Crippen molar-refractivity contribution in [3.05, 3.63) is 52.4 Å². The second-order valence-electron chi connectivity index (χ2n) is 5.51. The summed E-state index contributed by atoms with van der Waals surface area (Å²) in [5.41, 5.74) is 1.67. The number of benzene rings is 1. The van der Waals surface area contributed by atoms with Crippen LogP contribution in [0.1, 0.15) is 12.5 Å². The van der Waals surface area contributed by atoms with Gasteiger partial charge in [0.2, 0.25) is 5.91 Å². The average molecular weight is 443 g/mol. The highest BCUT2D eigenvalue weighted by atomic mass is 35.5. The van der Waals surface area contributed by atoms with Crippen LogP contribution in [0.5, 0.6) is 0 Å². The molecule has 0 fully saturated rings. The van der Waals surface area contributed by atoms with Crippen molar-refractivity contribution in [2.45, 2.75) is 17.2 Å². The summed E-state index contributed by atoms with van der Waals surface area (Å²) in [6.07, 6.45) is 0. The van der Waals surface area contributed by atoms with Crippen LogP contribution in [0, 0.1) is 0 Å². The lowest BCUT2D eigenvalue weighted by atomic mass is 10.1. The van der Waals surface area contributed by atoms with Crippen LogP contribution in [0.15, 0.2) is 56.2 Å². The topological polar surface area (TPSA) is 100.0 Å². The second kappa shape index (κ2) is 8.53. The minimum Gasteiger partial charge on any atom is -0.302 e. The molecule has 1 aromatic carbocycles. The zero-order valence-corrected chi connectivity index (χ0v) is 17.3. The number of rotatable bonds is 5. The fourth-order valence-electron chi connectivity index (χ4n) is 2.12. The number of amidine groups is 1. The maximum absolute atomic E-state index is 12.3. The summed E-state index contributed by atoms with van der Waals surface area (Å²) < 4.78 is 26.9. The van der Waals surface area contributed by atoms with Gasteiger partial charge >= 0.3 is 0 Å². The fourth-order valence-corrected chi connectivity index (χ4v) is 5.23. The molecule has 142 valence electrons. The number of nitrogens with one attached hydrogen (secondary N) is 2. The van der Waals surface area contributed by atoms with Gasteiger partial charge in [-0.15, -0.1) is 16.4 Å². The summed E-state index contributed by atoms with van der Waals surface area (Å²) in [5, 5.41) is 13.3. The first kappa shape index (κ1) is 20.0. The Labute approximate surface area is 170 Å². The van der Waals surface area contributed by atoms with Crippen LogP contribution in [-0.4, -0.2) is 37.0 Å². The van der Waals surface area contributed by atoms with E-state index in [0.29, 0.717) is 15.9 Å². The van der Waals surface area contributed by atoms with Crippen LogP contribution in [0.25, 0.3) is 0 Å². The van der Waals surface area contributed by atoms with Crippen LogP contribution < -0.4 is 10.0 Å². The van der Waals surface area contributed by atoms with Gasteiger partial charge in [-0.05, 0) is 36.1 Å². The number of halogens is 1. The molecule has 1 amide bonds. The van der Waals surface area contributed by atoms with Crippen molar-refractivity contribution < 1.29 is 13.2 Å². The Morgan fingerprint density at radius 3 is 2.56 bits per heavy atom. The molecule has 2 N–H and O–H groups in total. The number of thiophene rings is 1. The summed E-state index contributed by atoms with van der Waals surface area (Å²) in [4.78, 5) is 12.3. The van der Waals surface area contributed by atoms with Gasteiger partial charge in [-0.3, -0.25) is 4.79 Å². The highest BCUT2D eigenvalue weighted by molar-refractivity contribution is 8.14. The first-order valence-electron chi connectivity index (χ1n) is 7.75. The number of amides is 1. The molecular formula is C16H15ClN4O3S3. The zero-order chi connectivity index (χ0) is 19.4. The SMILES string of the molecule is CC(NS(=O)(=O)c1cccs1)C(=O)NC1=NN=C(c2ccc(Cl)cc2)CS1. The van der Waals surface area contributed by atoms with E-state index >= 15 is 0 Å². The van der Waals surface area contributed by atoms with Crippen LogP contribution in [-0.2, 0) is 14.8 Å². The van der Waals surface area contributed by atoms with Crippen molar-refractivity contribution in [3.63, 3.8) is 0 Å². The lowest BCUT2D eigenvalue weighted by Crippen LogP contribution is -2.46. The van der Waals surface area contributed by atoms with E-state index in [1.807, 2.05) is 12.1 Å². The third-order valence-electron chi connectivity index (χ3n) is 3.50. The van der Waals surface area contributed by atoms with Gasteiger partial charge < -0.3 is 5.32 Å². The third-order valence-corrected chi connectivity index (χ3v) is 7.56. The summed E-state index contributed by atoms with van der Waals surface area (Å²) in [5.74, 6) is 0.0160. The minimum absolute atomic E-state index is 0.156. The van der Waals surface area contributed by atoms with Gasteiger partial charge in [-0.25, -0.2) is 8.42 Å². The van der Waals surface area contributed by atoms with Gasteiger partial charge in [-0.1, -0.05) is 41.6 Å². The number of hydrogen-bond donors (Lipinski definition) is 2. The molecule has 0 saturated heterocycles. The number of carbonyl (C=O) groups excluding carboxylic acids is 1. The molecule has 11 heteroatoms. The van der Waals surface area contributed by atoms with Crippen molar-refractivity contribution in [3.8, 4) is 0 Å². The van der Waals surface area contributed by atoms with E-state index in [1.54, 1.807) is 23.6 Å². The highest BCUT2D eigenvalue weighted by Crippen LogP contribution is 2.18. The van der Waals surface area contributed by atoms with Crippen molar-refractivity contribution in [1.29, 1.82) is 0 Å². The fraction of sp³-hybridized carbons (Fsp3) is 0.188. The molecule has 0 radical (unpaired) electrons. The third kappa shape index (κ3) is 5.17. The largest absolute Gasteiger partial charge is 0.302 e. The molecule has 1 unspecified atom stereocenters. The lowest BCUT2D eigenvalue weighted by molar-refractivity contribution is -0.120. The monoisotopic (exact) mass is 442 g/mol. The van der Waals surface area contributed by atoms with Crippen molar-refractivity contribution in [2.24, 2.45) is 10.2 Å². The molecule has 1 aromatic heterocycles. The number of thioether (sulfide) groups is 1. The Bertz CT molecular complexity index is 986. The molecule has 1 atom stereocenters. The van der Waals surface area contributed by atoms with E-state index in [4.69, 9.17) is 11.6 Å². The van der Waals surface area contributed by atoms with E-state index in [2.05, 4.69) is 20.2 Å². The Hall–Kier alpha value is -1.72. The van der Waals surface area contributed by atoms with E-state index in [9.17, 15) is 13.2 Å². The van der Waals surface area contributed by atoms with Gasteiger partial charge in [0.15, 0.2) is 5.17 Å². The molecule has 0 bridgehead atoms. The van der Waals surface area contributed by atoms with Crippen molar-refractivity contribution >= 4 is 61.5 Å². The maximum atomic E-state index is 12.3. The molecule has 2 heterocycles. The smallest absolute Gasteiger partial charge is 0.250 e. The average Bonchev–Trinajstić information content (AvgIpc) is 3.18. The summed E-state index contributed by atoms with van der Waals surface area (Å²) in [6, 6.07) is 9.39. The summed E-state index contributed by atoms with van der Waals surface area (Å²) in [6.45, 7) is 1.47. The number of carbonyl (C=O) groups is 1. The van der Waals surface area contributed by atoms with Crippen LogP contribution >= 0.6 is 34.7 Å². The van der Waals surface area contributed by atoms with Gasteiger partial charge in [0.05, 0.1) is 11.8 Å². The predicted molar refractivity (Wildman–Crippen MR) is 110 cm³/mol. The molecule has 0 aliphatic carbocycles. The minimum atomic E-state index is -3.73. The Morgan fingerprint density at radius 1 is 1.22 bits per heavy atom. The van der Waals surface area contributed by atoms with Crippen LogP contribution in [0.4, 0.5) is 0 Å². The molecule has 7 nitrogen and oxygen atoms in total. The molecule has 1 aliphatic heterocycles. The van der Waals surface area contributed by atoms with E-state index in [0.717, 1.165) is 22.6 Å². The maximum Gasteiger partial charge on any atom is 0.250 e. The molecule has 3 rings (SSSR count). The normalized spacial score (nSPS) is 15.6. The Morgan fingerprint density at radius 2 is 1.96 bits per heavy atom. The predicted octanol–water partition coefficient (Wildman–Crippen LogP) is 2.69. The quantitative estimate of drug-likeness (QED) is 0.743. The highest BCUT2D eigenvalue weighted by Gasteiger charge is 2.24. The second-order valence-corrected chi connectivity index (χ2v) is 9.80. The van der Waals surface area contributed by atoms with E-state index in [1.165, 1.54) is 24.8 Å². The molecule has 0 spiro atoms. The summed E-state index contributed by atoms with van der Waals surface area (Å²) >= 11 is 8.26. The first-order valence-corrected chi connectivity index (χ1v) is 11.5. The lowest BCUT2D eigenvalue weighted by Gasteiger charge is -2.16. The standard InChI is InChI=1S/C16H15ClN4O3S3/c1-10(21-27(23,24)14-3-2-8-25-14)15(22)18-16-20-19-13(9-26-16)11-4-6-12(17)7-5-11/h2-8,10,21H,9H2,1H3,(H,18,20,22). The van der Waals surface area contributed by atoms with Crippen LogP contribution in [0.2, 0.25) is 5.02 Å². The van der Waals surface area contributed by atoms with E-state index < -0.39 is 22.0 Å². The van der Waals surface area contributed by atoms with Crippen LogP contribution in [0.3, 0.4) is 0 Å². The molecular weight excluding hydrogens is 428 g/mol. The Kier molecular flexibility index (Phi) is 6.33. The molecule has 1 aliphatic rings. The number of sulfonamides is 1. The summed E-state index contributed by atoms with van der Waals surface area (Å²) in [7, 11) is -3.73. The van der Waals surface area contributed by atoms with Gasteiger partial charge in [0.1, 0.15) is 4.21 Å². The van der Waals surface area contributed by atoms with Crippen molar-refractivity contribution in [2.75, 3.05) is 5.75 Å². The molecule has 27 heavy (non-hydrogen) atoms. The Balaban J connectivity index is 1.62. The van der Waals surface area contributed by atoms with E-state index in [-0.39, 0.29) is 4.21 Å². The molecule has 2 aromatic rings. The van der Waals surface area contributed by atoms with Gasteiger partial charge in [0, 0.05) is 10.8 Å². The van der Waals surface area contributed by atoms with Gasteiger partial charge in [-0.2, -0.15) is 9.82 Å². The zero-order valence-electron chi connectivity index (χ0n) is 14.0.